The molecule has 0 atom stereocenters. The van der Waals surface area contributed by atoms with E-state index in [4.69, 9.17) is 4.74 Å². The van der Waals surface area contributed by atoms with Gasteiger partial charge in [0.25, 0.3) is 0 Å². The quantitative estimate of drug-likeness (QED) is 0.474. The fourth-order valence-corrected chi connectivity index (χ4v) is 4.39. The zero-order valence-electron chi connectivity index (χ0n) is 14.2. The molecule has 0 spiro atoms. The lowest BCUT2D eigenvalue weighted by Gasteiger charge is -2.18. The monoisotopic (exact) mass is 357 g/mol. The van der Waals surface area contributed by atoms with E-state index in [1.807, 2.05) is 37.3 Å². The number of allylic oxidation sites excluding steroid dienone is 2. The van der Waals surface area contributed by atoms with Gasteiger partial charge in [-0.1, -0.05) is 24.8 Å². The van der Waals surface area contributed by atoms with Crippen molar-refractivity contribution >= 4 is 56.8 Å². The molecule has 0 radical (unpaired) electrons. The second-order valence-corrected chi connectivity index (χ2v) is 8.37. The summed E-state index contributed by atoms with van der Waals surface area (Å²) in [5.41, 5.74) is -0.618. The third kappa shape index (κ3) is 4.22. The van der Waals surface area contributed by atoms with Crippen molar-refractivity contribution in [1.82, 2.24) is 0 Å². The number of ether oxygens (including phenoxy) is 1. The predicted octanol–water partition coefficient (Wildman–Crippen LogP) is 3.98. The molecule has 2 rings (SSSR count). The van der Waals surface area contributed by atoms with E-state index in [2.05, 4.69) is 6.58 Å². The number of thiophene rings is 2. The van der Waals surface area contributed by atoms with Crippen LogP contribution < -0.4 is 9.75 Å². The van der Waals surface area contributed by atoms with Crippen molar-refractivity contribution in [2.24, 2.45) is 0 Å². The van der Waals surface area contributed by atoms with Gasteiger partial charge in [-0.2, -0.15) is 5.26 Å². The molecule has 0 aliphatic rings. The van der Waals surface area contributed by atoms with E-state index >= 15 is 0 Å². The molecule has 0 saturated heterocycles. The van der Waals surface area contributed by atoms with Crippen molar-refractivity contribution in [3.8, 4) is 6.07 Å². The fourth-order valence-electron chi connectivity index (χ4n) is 2.01. The Kier molecular flexibility index (Phi) is 5.43. The van der Waals surface area contributed by atoms with E-state index in [9.17, 15) is 10.1 Å². The van der Waals surface area contributed by atoms with Gasteiger partial charge in [-0.3, -0.25) is 0 Å². The largest absolute Gasteiger partial charge is 0.456 e. The summed E-state index contributed by atoms with van der Waals surface area (Å²) >= 11 is 3.15. The molecule has 3 nitrogen and oxygen atoms in total. The molecule has 24 heavy (non-hydrogen) atoms. The number of carbonyl (C=O) groups is 1. The molecular formula is C19H19NO2S2. The molecule has 0 amide bonds. The van der Waals surface area contributed by atoms with E-state index in [1.54, 1.807) is 49.5 Å². The molecule has 0 N–H and O–H groups in total. The van der Waals surface area contributed by atoms with Crippen LogP contribution in [-0.4, -0.2) is 11.6 Å². The average Bonchev–Trinajstić information content (AvgIpc) is 2.97. The molecule has 2 aromatic rings. The summed E-state index contributed by atoms with van der Waals surface area (Å²) in [5, 5.41) is 10.3. The van der Waals surface area contributed by atoms with Gasteiger partial charge in [0, 0.05) is 19.3 Å². The Morgan fingerprint density at radius 3 is 2.67 bits per heavy atom. The molecule has 124 valence electrons. The van der Waals surface area contributed by atoms with Gasteiger partial charge in [0.1, 0.15) is 17.2 Å². The topological polar surface area (TPSA) is 50.1 Å². The molecule has 5 heteroatoms. The summed E-state index contributed by atoms with van der Waals surface area (Å²) < 4.78 is 8.50. The minimum absolute atomic E-state index is 0.00709. The molecule has 2 aromatic heterocycles. The molecular weight excluding hydrogens is 338 g/mol. The van der Waals surface area contributed by atoms with E-state index in [0.29, 0.717) is 0 Å². The minimum Gasteiger partial charge on any atom is -0.456 e. The van der Waals surface area contributed by atoms with E-state index in [-0.39, 0.29) is 5.57 Å². The summed E-state index contributed by atoms with van der Waals surface area (Å²) in [5.74, 6) is -0.597. The van der Waals surface area contributed by atoms with Gasteiger partial charge in [0.2, 0.25) is 0 Å². The minimum atomic E-state index is -0.625. The Bertz CT molecular complexity index is 976. The number of fused-ring (bicyclic) bond motifs is 1. The van der Waals surface area contributed by atoms with Crippen LogP contribution in [0.1, 0.15) is 32.6 Å². The first-order valence-corrected chi connectivity index (χ1v) is 9.08. The lowest BCUT2D eigenvalue weighted by Crippen LogP contribution is -2.24. The second kappa shape index (κ2) is 7.16. The van der Waals surface area contributed by atoms with Gasteiger partial charge in [0.15, 0.2) is 0 Å². The number of hydrogen-bond donors (Lipinski definition) is 0. The van der Waals surface area contributed by atoms with Gasteiger partial charge in [-0.05, 0) is 39.8 Å². The van der Waals surface area contributed by atoms with Gasteiger partial charge in [-0.25, -0.2) is 4.79 Å². The molecule has 0 unspecified atom stereocenters. The Hall–Kier alpha value is -2.16. The van der Waals surface area contributed by atoms with Gasteiger partial charge in [0.05, 0.1) is 4.70 Å². The molecule has 0 bridgehead atoms. The number of esters is 1. The van der Waals surface area contributed by atoms with Crippen molar-refractivity contribution < 1.29 is 9.53 Å². The molecule has 2 heterocycles. The van der Waals surface area contributed by atoms with Crippen LogP contribution >= 0.6 is 22.7 Å². The first-order chi connectivity index (χ1) is 11.2. The Balaban J connectivity index is 2.46. The number of nitrogens with zero attached hydrogens (tertiary/aromatic N) is 1. The fraction of sp³-hybridized carbons (Fsp3) is 0.263. The lowest BCUT2D eigenvalue weighted by atomic mass is 10.2. The molecule has 0 aromatic carbocycles. The summed E-state index contributed by atoms with van der Waals surface area (Å²) in [6.07, 6.45) is 7.57. The summed E-state index contributed by atoms with van der Waals surface area (Å²) in [4.78, 5) is 12.9. The lowest BCUT2D eigenvalue weighted by molar-refractivity contribution is -0.149. The second-order valence-electron chi connectivity index (χ2n) is 6.15. The van der Waals surface area contributed by atoms with Crippen LogP contribution in [-0.2, 0) is 9.53 Å². The van der Waals surface area contributed by atoms with Crippen LogP contribution in [0.5, 0.6) is 0 Å². The average molecular weight is 358 g/mol. The van der Waals surface area contributed by atoms with E-state index in [0.717, 1.165) is 24.0 Å². The van der Waals surface area contributed by atoms with Crippen LogP contribution in [0.15, 0.2) is 23.8 Å². The maximum Gasteiger partial charge on any atom is 0.349 e. The Morgan fingerprint density at radius 2 is 2.08 bits per heavy atom. The number of hydrogen-bond acceptors (Lipinski definition) is 5. The third-order valence-corrected chi connectivity index (χ3v) is 5.23. The molecule has 0 saturated carbocycles. The van der Waals surface area contributed by atoms with Crippen molar-refractivity contribution in [1.29, 1.82) is 5.26 Å². The van der Waals surface area contributed by atoms with E-state index < -0.39 is 11.6 Å². The highest BCUT2D eigenvalue weighted by Gasteiger charge is 2.20. The highest BCUT2D eigenvalue weighted by Crippen LogP contribution is 2.27. The normalized spacial score (nSPS) is 13.6. The summed E-state index contributed by atoms with van der Waals surface area (Å²) in [6.45, 7) is 11.4. The highest BCUT2D eigenvalue weighted by molar-refractivity contribution is 7.27. The maximum absolute atomic E-state index is 12.1. The Morgan fingerprint density at radius 1 is 1.38 bits per heavy atom. The SMILES string of the molecule is C=c1sc2cc(/C=C(\C#N)C(=O)OC(C)(C)C)sc2/c1=C/C=C\C. The van der Waals surface area contributed by atoms with Crippen LogP contribution in [0.3, 0.4) is 0 Å². The summed E-state index contributed by atoms with van der Waals surface area (Å²) in [7, 11) is 0. The number of carbonyl (C=O) groups excluding carboxylic acids is 1. The van der Waals surface area contributed by atoms with Crippen molar-refractivity contribution in [2.75, 3.05) is 0 Å². The predicted molar refractivity (Wildman–Crippen MR) is 103 cm³/mol. The summed E-state index contributed by atoms with van der Waals surface area (Å²) in [6, 6.07) is 3.92. The van der Waals surface area contributed by atoms with Crippen LogP contribution in [0, 0.1) is 11.3 Å². The van der Waals surface area contributed by atoms with Crippen LogP contribution in [0.2, 0.25) is 0 Å². The zero-order valence-corrected chi connectivity index (χ0v) is 15.8. The highest BCUT2D eigenvalue weighted by atomic mass is 32.1. The first kappa shape index (κ1) is 18.2. The van der Waals surface area contributed by atoms with Crippen LogP contribution in [0.25, 0.3) is 28.1 Å². The number of rotatable bonds is 3. The zero-order chi connectivity index (χ0) is 17.9. The standard InChI is InChI=1S/C19H19NO2S2/c1-6-7-8-15-12(2)23-16-10-14(24-17(15)16)9-13(11-20)18(21)22-19(3,4)5/h6-10H,2H2,1,3-5H3/b7-6-,13-9+,15-8+. The van der Waals surface area contributed by atoms with Gasteiger partial charge in [-0.15, -0.1) is 22.7 Å². The molecule has 0 aliphatic heterocycles. The maximum atomic E-state index is 12.1. The number of nitriles is 1. The first-order valence-electron chi connectivity index (χ1n) is 7.44. The van der Waals surface area contributed by atoms with Crippen molar-refractivity contribution in [3.05, 3.63) is 38.4 Å². The van der Waals surface area contributed by atoms with E-state index in [1.165, 1.54) is 0 Å². The molecule has 0 aliphatic carbocycles. The smallest absolute Gasteiger partial charge is 0.349 e. The third-order valence-electron chi connectivity index (χ3n) is 2.98. The van der Waals surface area contributed by atoms with Crippen molar-refractivity contribution in [2.45, 2.75) is 33.3 Å². The molecule has 0 fully saturated rings. The Labute approximate surface area is 149 Å². The van der Waals surface area contributed by atoms with Crippen LogP contribution in [0.4, 0.5) is 0 Å². The van der Waals surface area contributed by atoms with Gasteiger partial charge >= 0.3 is 5.97 Å². The van der Waals surface area contributed by atoms with Crippen molar-refractivity contribution in [3.63, 3.8) is 0 Å². The van der Waals surface area contributed by atoms with Gasteiger partial charge < -0.3 is 4.74 Å².